The third-order valence-corrected chi connectivity index (χ3v) is 7.16. The maximum absolute atomic E-state index is 11.9. The second-order valence-electron chi connectivity index (χ2n) is 8.41. The van der Waals surface area contributed by atoms with E-state index < -0.39 is 5.91 Å². The zero-order chi connectivity index (χ0) is 23.7. The molecule has 0 radical (unpaired) electrons. The molecule has 2 aliphatic heterocycles. The third kappa shape index (κ3) is 4.35. The van der Waals surface area contributed by atoms with E-state index in [1.54, 1.807) is 12.1 Å². The van der Waals surface area contributed by atoms with Crippen LogP contribution in [0.4, 0.5) is 11.8 Å². The molecule has 2 fully saturated rings. The molecule has 1 aromatic carbocycles. The van der Waals surface area contributed by atoms with Crippen molar-refractivity contribution in [3.63, 3.8) is 0 Å². The maximum Gasteiger partial charge on any atom is 0.252 e. The number of hydrogen-bond donors (Lipinski definition) is 1. The minimum absolute atomic E-state index is 0.205. The average Bonchev–Trinajstić information content (AvgIpc) is 2.88. The molecule has 2 N–H and O–H groups in total. The van der Waals surface area contributed by atoms with Gasteiger partial charge in [-0.1, -0.05) is 0 Å². The first-order valence-electron chi connectivity index (χ1n) is 11.4. The van der Waals surface area contributed by atoms with Gasteiger partial charge in [0.15, 0.2) is 5.65 Å². The van der Waals surface area contributed by atoms with E-state index in [0.29, 0.717) is 41.8 Å². The lowest BCUT2D eigenvalue weighted by molar-refractivity contribution is 0.0986. The monoisotopic (exact) mass is 480 g/mol. The number of anilines is 2. The topological polar surface area (TPSA) is 107 Å². The van der Waals surface area contributed by atoms with Crippen LogP contribution >= 0.6 is 11.8 Å². The van der Waals surface area contributed by atoms with Crippen LogP contribution < -0.4 is 20.3 Å². The molecule has 9 nitrogen and oxygen atoms in total. The Bertz CT molecular complexity index is 1220. The molecule has 1 amide bonds. The van der Waals surface area contributed by atoms with Crippen molar-refractivity contribution in [1.82, 2.24) is 15.0 Å². The number of pyridine rings is 1. The molecule has 2 aromatic heterocycles. The predicted octanol–water partition coefficient (Wildman–Crippen LogP) is 2.58. The van der Waals surface area contributed by atoms with Crippen molar-refractivity contribution in [1.29, 1.82) is 0 Å². The highest BCUT2D eigenvalue weighted by Crippen LogP contribution is 2.32. The molecule has 0 unspecified atom stereocenters. The Kier molecular flexibility index (Phi) is 6.42. The Hall–Kier alpha value is -3.11. The van der Waals surface area contributed by atoms with Gasteiger partial charge in [0, 0.05) is 36.7 Å². The number of carbonyl (C=O) groups excluding carboxylic acids is 1. The van der Waals surface area contributed by atoms with Gasteiger partial charge in [0.05, 0.1) is 43.0 Å². The lowest BCUT2D eigenvalue weighted by atomic mass is 10.1. The molecular formula is C24H28N6O3S. The number of benzene rings is 1. The number of methoxy groups -OCH3 is 1. The second kappa shape index (κ2) is 9.63. The van der Waals surface area contributed by atoms with E-state index in [9.17, 15) is 4.79 Å². The molecule has 0 spiro atoms. The summed E-state index contributed by atoms with van der Waals surface area (Å²) >= 11 is 1.95. The number of nitrogens with two attached hydrogens (primary N) is 1. The summed E-state index contributed by atoms with van der Waals surface area (Å²) < 4.78 is 10.9. The highest BCUT2D eigenvalue weighted by Gasteiger charge is 2.25. The van der Waals surface area contributed by atoms with Crippen LogP contribution in [0.3, 0.4) is 0 Å². The van der Waals surface area contributed by atoms with Gasteiger partial charge in [-0.05, 0) is 37.3 Å². The number of aromatic nitrogens is 3. The van der Waals surface area contributed by atoms with E-state index in [1.807, 2.05) is 30.0 Å². The molecule has 0 bridgehead atoms. The number of hydrogen-bond acceptors (Lipinski definition) is 9. The quantitative estimate of drug-likeness (QED) is 0.590. The summed E-state index contributed by atoms with van der Waals surface area (Å²) in [7, 11) is 1.52. The lowest BCUT2D eigenvalue weighted by Crippen LogP contribution is -2.44. The zero-order valence-electron chi connectivity index (χ0n) is 19.4. The average molecular weight is 481 g/mol. The molecule has 178 valence electrons. The first kappa shape index (κ1) is 22.7. The Morgan fingerprint density at radius 2 is 1.97 bits per heavy atom. The summed E-state index contributed by atoms with van der Waals surface area (Å²) in [4.78, 5) is 31.2. The number of fused-ring (bicyclic) bond motifs is 1. The molecule has 2 aliphatic rings. The van der Waals surface area contributed by atoms with Crippen LogP contribution in [0.15, 0.2) is 30.3 Å². The molecule has 3 aromatic rings. The molecule has 0 saturated carbocycles. The summed E-state index contributed by atoms with van der Waals surface area (Å²) in [5, 5.41) is 0.899. The van der Waals surface area contributed by atoms with Crippen molar-refractivity contribution in [2.45, 2.75) is 13.0 Å². The minimum Gasteiger partial charge on any atom is -0.496 e. The normalized spacial score (nSPS) is 18.8. The smallest absolute Gasteiger partial charge is 0.252 e. The van der Waals surface area contributed by atoms with Gasteiger partial charge in [-0.25, -0.2) is 4.98 Å². The van der Waals surface area contributed by atoms with Gasteiger partial charge in [-0.15, -0.1) is 0 Å². The van der Waals surface area contributed by atoms with Crippen molar-refractivity contribution in [3.8, 4) is 17.0 Å². The van der Waals surface area contributed by atoms with Crippen LogP contribution in [0.5, 0.6) is 5.75 Å². The van der Waals surface area contributed by atoms with Gasteiger partial charge < -0.3 is 25.0 Å². The molecule has 1 atom stereocenters. The number of ether oxygens (including phenoxy) is 2. The molecule has 4 heterocycles. The second-order valence-corrected chi connectivity index (χ2v) is 9.64. The van der Waals surface area contributed by atoms with Crippen LogP contribution in [0.1, 0.15) is 17.3 Å². The summed E-state index contributed by atoms with van der Waals surface area (Å²) in [5.41, 5.74) is 7.99. The first-order chi connectivity index (χ1) is 16.5. The highest BCUT2D eigenvalue weighted by atomic mass is 32.2. The Morgan fingerprint density at radius 1 is 1.15 bits per heavy atom. The summed E-state index contributed by atoms with van der Waals surface area (Å²) in [6, 6.07) is 9.47. The highest BCUT2D eigenvalue weighted by molar-refractivity contribution is 7.99. The van der Waals surface area contributed by atoms with E-state index in [-0.39, 0.29) is 6.04 Å². The van der Waals surface area contributed by atoms with Gasteiger partial charge in [0.2, 0.25) is 5.95 Å². The molecule has 10 heteroatoms. The van der Waals surface area contributed by atoms with E-state index in [1.165, 1.54) is 7.11 Å². The molecule has 5 rings (SSSR count). The zero-order valence-corrected chi connectivity index (χ0v) is 20.2. The van der Waals surface area contributed by atoms with Gasteiger partial charge in [-0.3, -0.25) is 4.79 Å². The van der Waals surface area contributed by atoms with Crippen molar-refractivity contribution in [2.75, 3.05) is 61.3 Å². The number of morpholine rings is 1. The van der Waals surface area contributed by atoms with Gasteiger partial charge in [0.25, 0.3) is 5.91 Å². The van der Waals surface area contributed by atoms with Crippen LogP contribution in [0.25, 0.3) is 22.3 Å². The van der Waals surface area contributed by atoms with Crippen molar-refractivity contribution in [3.05, 3.63) is 35.9 Å². The molecule has 0 aliphatic carbocycles. The summed E-state index contributed by atoms with van der Waals surface area (Å²) in [6.07, 6.45) is 0. The van der Waals surface area contributed by atoms with Crippen LogP contribution in [-0.4, -0.2) is 78.4 Å². The fourth-order valence-electron chi connectivity index (χ4n) is 4.37. The van der Waals surface area contributed by atoms with Crippen molar-refractivity contribution >= 4 is 40.5 Å². The number of amides is 1. The van der Waals surface area contributed by atoms with Crippen LogP contribution in [0.2, 0.25) is 0 Å². The van der Waals surface area contributed by atoms with Gasteiger partial charge in [0.1, 0.15) is 11.6 Å². The Morgan fingerprint density at radius 3 is 2.71 bits per heavy atom. The van der Waals surface area contributed by atoms with Gasteiger partial charge in [-0.2, -0.15) is 21.7 Å². The van der Waals surface area contributed by atoms with Crippen LogP contribution in [-0.2, 0) is 4.74 Å². The Labute approximate surface area is 202 Å². The number of nitrogens with zero attached hydrogens (tertiary/aromatic N) is 5. The predicted molar refractivity (Wildman–Crippen MR) is 135 cm³/mol. The van der Waals surface area contributed by atoms with Gasteiger partial charge >= 0.3 is 0 Å². The summed E-state index contributed by atoms with van der Waals surface area (Å²) in [6.45, 7) is 6.07. The van der Waals surface area contributed by atoms with E-state index >= 15 is 0 Å². The van der Waals surface area contributed by atoms with E-state index in [2.05, 4.69) is 16.7 Å². The molecule has 2 saturated heterocycles. The third-order valence-electron chi connectivity index (χ3n) is 6.22. The number of rotatable bonds is 5. The number of thioether (sulfide) groups is 1. The maximum atomic E-state index is 11.9. The van der Waals surface area contributed by atoms with Crippen molar-refractivity contribution < 1.29 is 14.3 Å². The summed E-state index contributed by atoms with van der Waals surface area (Å²) in [5.74, 6) is 3.60. The lowest BCUT2D eigenvalue weighted by Gasteiger charge is -2.35. The fourth-order valence-corrected chi connectivity index (χ4v) is 5.27. The molecule has 34 heavy (non-hydrogen) atoms. The fraction of sp³-hybridized carbons (Fsp3) is 0.417. The number of primary amides is 1. The molecular weight excluding hydrogens is 452 g/mol. The minimum atomic E-state index is -0.546. The Balaban J connectivity index is 1.63. The van der Waals surface area contributed by atoms with E-state index in [4.69, 9.17) is 30.2 Å². The van der Waals surface area contributed by atoms with Crippen LogP contribution in [0, 0.1) is 0 Å². The van der Waals surface area contributed by atoms with E-state index in [0.717, 1.165) is 47.9 Å². The largest absolute Gasteiger partial charge is 0.496 e. The standard InChI is InChI=1S/C24H28N6O3S/c1-15-14-33-10-7-30(15)23-17-4-5-19(16-3-6-20(32-2)18(13-16)21(25)31)26-22(17)27-24(28-23)29-8-11-34-12-9-29/h3-6,13,15H,7-12,14H2,1-2H3,(H2,25,31)/t15-/m0/s1. The van der Waals surface area contributed by atoms with Crippen molar-refractivity contribution in [2.24, 2.45) is 5.73 Å². The number of carbonyl (C=O) groups is 1. The first-order valence-corrected chi connectivity index (χ1v) is 12.5. The SMILES string of the molecule is COc1ccc(-c2ccc3c(N4CCOC[C@@H]4C)nc(N4CCSCC4)nc3n2)cc1C(N)=O.